The van der Waals surface area contributed by atoms with E-state index in [4.69, 9.17) is 0 Å². The molecule has 0 saturated heterocycles. The van der Waals surface area contributed by atoms with E-state index in [1.54, 1.807) is 0 Å². The molecule has 0 amide bonds. The highest BCUT2D eigenvalue weighted by atomic mass is 32.2. The minimum absolute atomic E-state index is 0.104. The fourth-order valence-electron chi connectivity index (χ4n) is 1.71. The second kappa shape index (κ2) is 5.96. The number of alkyl halides is 3. The van der Waals surface area contributed by atoms with Gasteiger partial charge in [0, 0.05) is 19.0 Å². The van der Waals surface area contributed by atoms with Crippen LogP contribution in [0.4, 0.5) is 19.0 Å². The average molecular weight is 330 g/mol. The first kappa shape index (κ1) is 16.3. The van der Waals surface area contributed by atoms with E-state index in [-0.39, 0.29) is 11.4 Å². The quantitative estimate of drug-likeness (QED) is 0.936. The highest BCUT2D eigenvalue weighted by molar-refractivity contribution is 7.90. The van der Waals surface area contributed by atoms with Gasteiger partial charge in [-0.05, 0) is 29.8 Å². The molecule has 0 bridgehead atoms. The van der Waals surface area contributed by atoms with Crippen LogP contribution < -0.4 is 5.32 Å². The van der Waals surface area contributed by atoms with E-state index in [1.165, 1.54) is 30.5 Å². The number of anilines is 1. The molecule has 2 aromatic rings. The zero-order valence-corrected chi connectivity index (χ0v) is 12.4. The number of sulfone groups is 1. The molecule has 0 spiro atoms. The van der Waals surface area contributed by atoms with Gasteiger partial charge < -0.3 is 5.32 Å². The fraction of sp³-hybridized carbons (Fsp3) is 0.214. The van der Waals surface area contributed by atoms with E-state index in [0.717, 1.165) is 18.4 Å². The topological polar surface area (TPSA) is 59.1 Å². The van der Waals surface area contributed by atoms with Crippen LogP contribution in [0.1, 0.15) is 11.1 Å². The fourth-order valence-corrected chi connectivity index (χ4v) is 2.27. The van der Waals surface area contributed by atoms with Crippen molar-refractivity contribution in [3.05, 3.63) is 53.7 Å². The molecule has 1 heterocycles. The van der Waals surface area contributed by atoms with Crippen molar-refractivity contribution in [1.82, 2.24) is 4.98 Å². The normalized spacial score (nSPS) is 12.2. The lowest BCUT2D eigenvalue weighted by atomic mass is 10.1. The third-order valence-corrected chi connectivity index (χ3v) is 4.02. The second-order valence-electron chi connectivity index (χ2n) is 4.70. The van der Waals surface area contributed by atoms with Crippen molar-refractivity contribution in [3.8, 4) is 0 Å². The van der Waals surface area contributed by atoms with Gasteiger partial charge in [-0.1, -0.05) is 12.1 Å². The third-order valence-electron chi connectivity index (χ3n) is 2.92. The molecule has 4 nitrogen and oxygen atoms in total. The van der Waals surface area contributed by atoms with Crippen LogP contribution in [0.2, 0.25) is 0 Å². The maximum atomic E-state index is 12.4. The summed E-state index contributed by atoms with van der Waals surface area (Å²) in [4.78, 5) is 4.05. The maximum absolute atomic E-state index is 12.4. The zero-order chi connectivity index (χ0) is 16.4. The van der Waals surface area contributed by atoms with E-state index in [1.807, 2.05) is 0 Å². The summed E-state index contributed by atoms with van der Waals surface area (Å²) in [7, 11) is -3.30. The summed E-state index contributed by atoms with van der Waals surface area (Å²) < 4.78 is 59.9. The molecule has 1 aromatic heterocycles. The van der Waals surface area contributed by atoms with E-state index < -0.39 is 21.6 Å². The number of halogens is 3. The summed E-state index contributed by atoms with van der Waals surface area (Å²) in [6.45, 7) is 0.281. The monoisotopic (exact) mass is 330 g/mol. The number of rotatable bonds is 4. The van der Waals surface area contributed by atoms with Gasteiger partial charge >= 0.3 is 6.18 Å². The molecule has 1 aromatic carbocycles. The standard InChI is InChI=1S/C14H13F3N2O2S/c1-22(20,21)12-6-7-13(19-9-12)18-8-10-2-4-11(5-3-10)14(15,16)17/h2-7,9H,8H2,1H3,(H,18,19). The second-order valence-corrected chi connectivity index (χ2v) is 6.72. The molecular formula is C14H13F3N2O2S. The van der Waals surface area contributed by atoms with Crippen LogP contribution in [0.25, 0.3) is 0 Å². The summed E-state index contributed by atoms with van der Waals surface area (Å²) in [6.07, 6.45) is -2.04. The number of hydrogen-bond acceptors (Lipinski definition) is 4. The number of pyridine rings is 1. The van der Waals surface area contributed by atoms with Crippen LogP contribution in [0.3, 0.4) is 0 Å². The highest BCUT2D eigenvalue weighted by Crippen LogP contribution is 2.29. The molecule has 0 unspecified atom stereocenters. The summed E-state index contributed by atoms with van der Waals surface area (Å²) in [5, 5.41) is 2.91. The van der Waals surface area contributed by atoms with Gasteiger partial charge in [0.15, 0.2) is 9.84 Å². The van der Waals surface area contributed by atoms with Gasteiger partial charge in [-0.25, -0.2) is 13.4 Å². The molecule has 118 valence electrons. The molecule has 1 N–H and O–H groups in total. The predicted molar refractivity (Wildman–Crippen MR) is 76.1 cm³/mol. The molecular weight excluding hydrogens is 317 g/mol. The van der Waals surface area contributed by atoms with Crippen LogP contribution in [0.15, 0.2) is 47.5 Å². The average Bonchev–Trinajstić information content (AvgIpc) is 2.44. The zero-order valence-electron chi connectivity index (χ0n) is 11.6. The van der Waals surface area contributed by atoms with Crippen LogP contribution in [-0.4, -0.2) is 19.7 Å². The molecule has 0 atom stereocenters. The molecule has 0 aliphatic heterocycles. The van der Waals surface area contributed by atoms with Crippen LogP contribution in [0.5, 0.6) is 0 Å². The number of nitrogens with one attached hydrogen (secondary N) is 1. The Morgan fingerprint density at radius 2 is 1.73 bits per heavy atom. The van der Waals surface area contributed by atoms with Crippen LogP contribution >= 0.6 is 0 Å². The Morgan fingerprint density at radius 1 is 1.09 bits per heavy atom. The SMILES string of the molecule is CS(=O)(=O)c1ccc(NCc2ccc(C(F)(F)F)cc2)nc1. The Labute approximate surface area is 125 Å². The molecule has 0 radical (unpaired) electrons. The number of benzene rings is 1. The van der Waals surface area contributed by atoms with Gasteiger partial charge in [0.1, 0.15) is 5.82 Å². The van der Waals surface area contributed by atoms with Crippen molar-refractivity contribution in [2.45, 2.75) is 17.6 Å². The van der Waals surface area contributed by atoms with Crippen molar-refractivity contribution >= 4 is 15.7 Å². The molecule has 0 saturated carbocycles. The molecule has 0 aliphatic carbocycles. The summed E-state index contributed by atoms with van der Waals surface area (Å²) >= 11 is 0. The Hall–Kier alpha value is -2.09. The van der Waals surface area contributed by atoms with Gasteiger partial charge in [0.2, 0.25) is 0 Å². The molecule has 22 heavy (non-hydrogen) atoms. The smallest absolute Gasteiger partial charge is 0.366 e. The summed E-state index contributed by atoms with van der Waals surface area (Å²) in [5.74, 6) is 0.437. The Morgan fingerprint density at radius 3 is 2.18 bits per heavy atom. The van der Waals surface area contributed by atoms with Crippen LogP contribution in [-0.2, 0) is 22.6 Å². The lowest BCUT2D eigenvalue weighted by Crippen LogP contribution is -2.06. The molecule has 0 fully saturated rings. The minimum Gasteiger partial charge on any atom is -0.366 e. The van der Waals surface area contributed by atoms with Gasteiger partial charge in [-0.3, -0.25) is 0 Å². The Balaban J connectivity index is 2.01. The summed E-state index contributed by atoms with van der Waals surface area (Å²) in [6, 6.07) is 7.69. The first-order valence-electron chi connectivity index (χ1n) is 6.22. The number of hydrogen-bond donors (Lipinski definition) is 1. The van der Waals surface area contributed by atoms with E-state index in [0.29, 0.717) is 11.4 Å². The van der Waals surface area contributed by atoms with E-state index in [2.05, 4.69) is 10.3 Å². The first-order valence-corrected chi connectivity index (χ1v) is 8.11. The lowest BCUT2D eigenvalue weighted by Gasteiger charge is -2.09. The van der Waals surface area contributed by atoms with Crippen molar-refractivity contribution in [2.75, 3.05) is 11.6 Å². The van der Waals surface area contributed by atoms with Crippen molar-refractivity contribution in [1.29, 1.82) is 0 Å². The highest BCUT2D eigenvalue weighted by Gasteiger charge is 2.29. The first-order chi connectivity index (χ1) is 10.2. The van der Waals surface area contributed by atoms with Crippen molar-refractivity contribution < 1.29 is 21.6 Å². The predicted octanol–water partition coefficient (Wildman–Crippen LogP) is 3.12. The Bertz CT molecular complexity index is 739. The number of nitrogens with zero attached hydrogens (tertiary/aromatic N) is 1. The molecule has 2 rings (SSSR count). The van der Waals surface area contributed by atoms with Gasteiger partial charge in [-0.2, -0.15) is 13.2 Å². The molecule has 0 aliphatic rings. The largest absolute Gasteiger partial charge is 0.416 e. The van der Waals surface area contributed by atoms with Crippen LogP contribution in [0, 0.1) is 0 Å². The number of aromatic nitrogens is 1. The summed E-state index contributed by atoms with van der Waals surface area (Å²) in [5.41, 5.74) is -0.0473. The van der Waals surface area contributed by atoms with Crippen molar-refractivity contribution in [2.24, 2.45) is 0 Å². The third kappa shape index (κ3) is 4.20. The van der Waals surface area contributed by atoms with Crippen molar-refractivity contribution in [3.63, 3.8) is 0 Å². The van der Waals surface area contributed by atoms with Gasteiger partial charge in [-0.15, -0.1) is 0 Å². The van der Waals surface area contributed by atoms with Gasteiger partial charge in [0.05, 0.1) is 10.5 Å². The maximum Gasteiger partial charge on any atom is 0.416 e. The van der Waals surface area contributed by atoms with E-state index >= 15 is 0 Å². The molecule has 8 heteroatoms. The minimum atomic E-state index is -4.35. The van der Waals surface area contributed by atoms with Gasteiger partial charge in [0.25, 0.3) is 0 Å². The Kier molecular flexibility index (Phi) is 4.41. The lowest BCUT2D eigenvalue weighted by molar-refractivity contribution is -0.137. The van der Waals surface area contributed by atoms with E-state index in [9.17, 15) is 21.6 Å².